The summed E-state index contributed by atoms with van der Waals surface area (Å²) < 4.78 is 34.9. The summed E-state index contributed by atoms with van der Waals surface area (Å²) in [5.41, 5.74) is 0. The number of carbonyl (C=O) groups is 2. The molecule has 0 fully saturated rings. The van der Waals surface area contributed by atoms with Gasteiger partial charge in [-0.2, -0.15) is 0 Å². The summed E-state index contributed by atoms with van der Waals surface area (Å²) in [6, 6.07) is 0. The van der Waals surface area contributed by atoms with Crippen LogP contribution in [0.5, 0.6) is 0 Å². The Labute approximate surface area is 585 Å². The van der Waals surface area contributed by atoms with Crippen molar-refractivity contribution in [2.45, 2.75) is 431 Å². The maximum absolute atomic E-state index is 12.9. The van der Waals surface area contributed by atoms with E-state index in [1.807, 2.05) is 21.1 Å². The number of esters is 2. The van der Waals surface area contributed by atoms with Crippen LogP contribution in [-0.2, 0) is 32.7 Å². The van der Waals surface area contributed by atoms with Gasteiger partial charge < -0.3 is 18.9 Å². The molecule has 0 aromatic carbocycles. The van der Waals surface area contributed by atoms with Gasteiger partial charge in [0.1, 0.15) is 19.8 Å². The molecule has 0 bridgehead atoms. The zero-order valence-electron chi connectivity index (χ0n) is 63.5. The minimum absolute atomic E-state index is 0.0343. The molecule has 0 aliphatic rings. The van der Waals surface area contributed by atoms with Crippen LogP contribution in [0.2, 0.25) is 0 Å². The van der Waals surface area contributed by atoms with Crippen molar-refractivity contribution in [2.75, 3.05) is 47.5 Å². The summed E-state index contributed by atoms with van der Waals surface area (Å²) in [6.45, 7) is 4.40. The Kier molecular flexibility index (Phi) is 73.6. The van der Waals surface area contributed by atoms with E-state index >= 15 is 0 Å². The summed E-state index contributed by atoms with van der Waals surface area (Å²) in [6.07, 6.45) is 100.0. The van der Waals surface area contributed by atoms with Gasteiger partial charge >= 0.3 is 19.8 Å². The number of ether oxygens (including phenoxy) is 2. The summed E-state index contributed by atoms with van der Waals surface area (Å²) in [5.74, 6) is -0.773. The second-order valence-electron chi connectivity index (χ2n) is 29.5. The fraction of sp³-hybridized carbons (Fsp3) is 0.881. The van der Waals surface area contributed by atoms with E-state index in [0.717, 1.165) is 57.8 Å². The van der Waals surface area contributed by atoms with Gasteiger partial charge in [-0.05, 0) is 51.4 Å². The molecule has 0 rings (SSSR count). The number of phosphoric ester groups is 1. The molecule has 0 radical (unpaired) electrons. The minimum Gasteiger partial charge on any atom is -0.462 e. The van der Waals surface area contributed by atoms with Crippen LogP contribution in [0.15, 0.2) is 48.6 Å². The van der Waals surface area contributed by atoms with Crippen molar-refractivity contribution in [1.29, 1.82) is 0 Å². The lowest BCUT2D eigenvalue weighted by Crippen LogP contribution is -2.37. The number of nitrogens with zero attached hydrogens (tertiary/aromatic N) is 1. The first-order chi connectivity index (χ1) is 46.0. The van der Waals surface area contributed by atoms with Crippen molar-refractivity contribution in [1.82, 2.24) is 0 Å². The van der Waals surface area contributed by atoms with Gasteiger partial charge in [-0.3, -0.25) is 18.6 Å². The first-order valence-electron chi connectivity index (χ1n) is 41.4. The van der Waals surface area contributed by atoms with Crippen LogP contribution >= 0.6 is 7.82 Å². The van der Waals surface area contributed by atoms with Crippen LogP contribution in [-0.4, -0.2) is 74.9 Å². The molecule has 0 saturated carbocycles. The maximum atomic E-state index is 12.9. The summed E-state index contributed by atoms with van der Waals surface area (Å²) in [4.78, 5) is 36.0. The van der Waals surface area contributed by atoms with Gasteiger partial charge in [0.05, 0.1) is 27.7 Å². The van der Waals surface area contributed by atoms with Crippen molar-refractivity contribution in [3.05, 3.63) is 48.6 Å². The standard InChI is InChI=1S/C84H160NO8P/c1-6-8-10-12-14-16-18-20-22-24-26-28-30-32-34-36-38-39-40-41-42-43-44-45-47-48-50-52-54-56-58-60-62-64-66-68-70-72-74-76-83(86)90-80-82(81-92-94(88,89)91-79-78-85(3,4)5)93-84(87)77-75-73-71-69-67-65-63-61-59-57-55-53-51-49-46-37-35-33-31-29-27-25-23-21-19-17-15-13-11-9-7-2/h9,11,15,17,21,23,27,29,82H,6-8,10,12-14,16,18-20,22,24-26,28,30-81H2,1-5H3/p+1/b11-9-,17-15-,23-21-,29-27-. The third-order valence-corrected chi connectivity index (χ3v) is 19.9. The van der Waals surface area contributed by atoms with Gasteiger partial charge in [-0.15, -0.1) is 0 Å². The lowest BCUT2D eigenvalue weighted by Gasteiger charge is -2.24. The average Bonchev–Trinajstić information content (AvgIpc) is 1.66. The third kappa shape index (κ3) is 79.0. The smallest absolute Gasteiger partial charge is 0.462 e. The second kappa shape index (κ2) is 75.2. The first-order valence-corrected chi connectivity index (χ1v) is 42.9. The number of hydrogen-bond donors (Lipinski definition) is 1. The Balaban J connectivity index is 3.87. The highest BCUT2D eigenvalue weighted by molar-refractivity contribution is 7.47. The van der Waals surface area contributed by atoms with E-state index in [4.69, 9.17) is 18.5 Å². The number of likely N-dealkylation sites (N-methyl/N-ethyl adjacent to an activating group) is 1. The molecule has 94 heavy (non-hydrogen) atoms. The van der Waals surface area contributed by atoms with Crippen molar-refractivity contribution < 1.29 is 42.1 Å². The summed E-state index contributed by atoms with van der Waals surface area (Å²) in [5, 5.41) is 0. The molecule has 0 spiro atoms. The molecule has 0 aromatic rings. The summed E-state index contributed by atoms with van der Waals surface area (Å²) in [7, 11) is 1.50. The van der Waals surface area contributed by atoms with Crippen molar-refractivity contribution in [3.8, 4) is 0 Å². The fourth-order valence-electron chi connectivity index (χ4n) is 12.6. The largest absolute Gasteiger partial charge is 0.472 e. The van der Waals surface area contributed by atoms with Gasteiger partial charge in [0.15, 0.2) is 6.10 Å². The molecule has 554 valence electrons. The molecular weight excluding hydrogens is 1180 g/mol. The van der Waals surface area contributed by atoms with E-state index < -0.39 is 26.5 Å². The lowest BCUT2D eigenvalue weighted by molar-refractivity contribution is -0.870. The molecule has 0 heterocycles. The van der Waals surface area contributed by atoms with Crippen LogP contribution in [0.3, 0.4) is 0 Å². The van der Waals surface area contributed by atoms with E-state index in [0.29, 0.717) is 23.9 Å². The van der Waals surface area contributed by atoms with E-state index in [9.17, 15) is 19.0 Å². The van der Waals surface area contributed by atoms with Crippen LogP contribution in [0, 0.1) is 0 Å². The highest BCUT2D eigenvalue weighted by Crippen LogP contribution is 2.43. The predicted molar refractivity (Wildman–Crippen MR) is 409 cm³/mol. The van der Waals surface area contributed by atoms with E-state index in [-0.39, 0.29) is 25.6 Å². The number of rotatable bonds is 78. The van der Waals surface area contributed by atoms with Crippen LogP contribution in [0.4, 0.5) is 0 Å². The molecule has 2 unspecified atom stereocenters. The Bertz CT molecular complexity index is 1720. The van der Waals surface area contributed by atoms with Crippen LogP contribution in [0.25, 0.3) is 0 Å². The van der Waals surface area contributed by atoms with Crippen LogP contribution in [0.1, 0.15) is 425 Å². The normalized spacial score (nSPS) is 13.2. The van der Waals surface area contributed by atoms with Crippen molar-refractivity contribution in [2.24, 2.45) is 0 Å². The predicted octanol–water partition coefficient (Wildman–Crippen LogP) is 27.5. The Hall–Kier alpha value is -2.03. The Morgan fingerprint density at radius 3 is 0.904 bits per heavy atom. The number of unbranched alkanes of at least 4 members (excludes halogenated alkanes) is 56. The van der Waals surface area contributed by atoms with Crippen LogP contribution < -0.4 is 0 Å². The zero-order valence-corrected chi connectivity index (χ0v) is 64.4. The first kappa shape index (κ1) is 92.0. The van der Waals surface area contributed by atoms with E-state index in [2.05, 4.69) is 62.5 Å². The maximum Gasteiger partial charge on any atom is 0.472 e. The molecule has 0 amide bonds. The molecule has 1 N–H and O–H groups in total. The van der Waals surface area contributed by atoms with E-state index in [1.165, 1.54) is 334 Å². The molecule has 0 aromatic heterocycles. The Morgan fingerprint density at radius 1 is 0.340 bits per heavy atom. The van der Waals surface area contributed by atoms with Crippen molar-refractivity contribution >= 4 is 19.8 Å². The van der Waals surface area contributed by atoms with Gasteiger partial charge in [0, 0.05) is 12.8 Å². The van der Waals surface area contributed by atoms with Gasteiger partial charge in [-0.25, -0.2) is 4.57 Å². The Morgan fingerprint density at radius 2 is 0.606 bits per heavy atom. The SMILES string of the molecule is CC/C=C\C/C=C\C/C=C\C/C=C\CCCCCCCCCCCCCCCCCCCCC(=O)OC(COC(=O)CCCCCCCCCCCCCCCCCCCCCCCCCCCCCCCCCCCCCCCCC)COP(=O)(O)OCC[N+](C)(C)C. The molecule has 9 nitrogen and oxygen atoms in total. The highest BCUT2D eigenvalue weighted by Gasteiger charge is 2.27. The topological polar surface area (TPSA) is 108 Å². The second-order valence-corrected chi connectivity index (χ2v) is 30.9. The lowest BCUT2D eigenvalue weighted by atomic mass is 10.0. The zero-order chi connectivity index (χ0) is 68.3. The van der Waals surface area contributed by atoms with Crippen molar-refractivity contribution in [3.63, 3.8) is 0 Å². The number of hydrogen-bond acceptors (Lipinski definition) is 7. The quantitative estimate of drug-likeness (QED) is 0.0211. The molecule has 0 aliphatic carbocycles. The minimum atomic E-state index is -4.39. The molecule has 0 saturated heterocycles. The number of carbonyl (C=O) groups excluding carboxylic acids is 2. The average molecular weight is 1340 g/mol. The third-order valence-electron chi connectivity index (χ3n) is 18.9. The van der Waals surface area contributed by atoms with E-state index in [1.54, 1.807) is 0 Å². The number of quaternary nitrogens is 1. The summed E-state index contributed by atoms with van der Waals surface area (Å²) >= 11 is 0. The van der Waals surface area contributed by atoms with Gasteiger partial charge in [0.2, 0.25) is 0 Å². The number of phosphoric acid groups is 1. The molecular formula is C84H161NO8P+. The molecule has 0 aliphatic heterocycles. The number of allylic oxidation sites excluding steroid dienone is 8. The van der Waals surface area contributed by atoms with Gasteiger partial charge in [-0.1, -0.05) is 409 Å². The molecule has 10 heteroatoms. The molecule has 2 atom stereocenters. The fourth-order valence-corrected chi connectivity index (χ4v) is 13.3. The monoisotopic (exact) mass is 1340 g/mol. The van der Waals surface area contributed by atoms with Gasteiger partial charge in [0.25, 0.3) is 0 Å². The highest BCUT2D eigenvalue weighted by atomic mass is 31.2.